The number of carbonyl (C=O) groups excluding carboxylic acids is 1. The normalized spacial score (nSPS) is 32.4. The van der Waals surface area contributed by atoms with E-state index in [1.54, 1.807) is 0 Å². The summed E-state index contributed by atoms with van der Waals surface area (Å²) in [7, 11) is 0. The van der Waals surface area contributed by atoms with Crippen LogP contribution < -0.4 is 11.1 Å². The van der Waals surface area contributed by atoms with Crippen molar-refractivity contribution >= 4 is 27.5 Å². The number of amides is 1. The van der Waals surface area contributed by atoms with Gasteiger partial charge in [0.2, 0.25) is 16.2 Å². The first kappa shape index (κ1) is 9.08. The summed E-state index contributed by atoms with van der Waals surface area (Å²) in [6.45, 7) is 0. The van der Waals surface area contributed by atoms with Crippen LogP contribution in [-0.4, -0.2) is 16.1 Å². The molecular formula is C9H12N4OS. The van der Waals surface area contributed by atoms with Gasteiger partial charge in [-0.25, -0.2) is 0 Å². The molecule has 0 aliphatic heterocycles. The van der Waals surface area contributed by atoms with Gasteiger partial charge in [-0.3, -0.25) is 4.79 Å². The molecule has 5 nitrogen and oxygen atoms in total. The summed E-state index contributed by atoms with van der Waals surface area (Å²) in [6, 6.07) is 0. The summed E-state index contributed by atoms with van der Waals surface area (Å²) < 4.78 is 0. The first-order valence-electron chi connectivity index (χ1n) is 5.12. The van der Waals surface area contributed by atoms with Crippen LogP contribution in [0, 0.1) is 17.8 Å². The molecule has 2 aliphatic carbocycles. The average Bonchev–Trinajstić information content (AvgIpc) is 2.61. The summed E-state index contributed by atoms with van der Waals surface area (Å²) >= 11 is 1.21. The molecule has 3 N–H and O–H groups in total. The van der Waals surface area contributed by atoms with Crippen molar-refractivity contribution in [1.29, 1.82) is 0 Å². The maximum atomic E-state index is 11.8. The molecule has 2 atom stereocenters. The first-order valence-corrected chi connectivity index (χ1v) is 5.94. The Labute approximate surface area is 91.1 Å². The van der Waals surface area contributed by atoms with Crippen LogP contribution in [0.4, 0.5) is 10.3 Å². The fraction of sp³-hybridized carbons (Fsp3) is 0.667. The van der Waals surface area contributed by atoms with Crippen molar-refractivity contribution in [3.63, 3.8) is 0 Å². The van der Waals surface area contributed by atoms with E-state index >= 15 is 0 Å². The van der Waals surface area contributed by atoms with E-state index in [0.717, 1.165) is 24.7 Å². The molecule has 3 rings (SSSR count). The highest BCUT2D eigenvalue weighted by molar-refractivity contribution is 7.18. The van der Waals surface area contributed by atoms with Crippen molar-refractivity contribution < 1.29 is 4.79 Å². The molecule has 1 aromatic heterocycles. The van der Waals surface area contributed by atoms with Gasteiger partial charge in [-0.2, -0.15) is 0 Å². The van der Waals surface area contributed by atoms with Crippen LogP contribution in [-0.2, 0) is 4.79 Å². The lowest BCUT2D eigenvalue weighted by molar-refractivity contribution is -0.120. The van der Waals surface area contributed by atoms with Crippen LogP contribution >= 0.6 is 11.3 Å². The second-order valence-electron chi connectivity index (χ2n) is 4.36. The minimum absolute atomic E-state index is 0.0818. The second-order valence-corrected chi connectivity index (χ2v) is 5.37. The molecule has 0 saturated heterocycles. The van der Waals surface area contributed by atoms with E-state index in [2.05, 4.69) is 15.5 Å². The standard InChI is InChI=1S/C9H12N4OS/c10-8-12-13-9(15-8)11-7(14)6-2-4-1-5(4)3-6/h4-6H,1-3H2,(H2,10,12)(H,11,13,14). The third-order valence-corrected chi connectivity index (χ3v) is 3.95. The van der Waals surface area contributed by atoms with E-state index in [9.17, 15) is 4.79 Å². The SMILES string of the molecule is Nc1nnc(NC(=O)C2CC3CC3C2)s1. The van der Waals surface area contributed by atoms with Crippen molar-refractivity contribution in [3.8, 4) is 0 Å². The summed E-state index contributed by atoms with van der Waals surface area (Å²) in [4.78, 5) is 11.8. The highest BCUT2D eigenvalue weighted by atomic mass is 32.1. The first-order chi connectivity index (χ1) is 7.22. The Kier molecular flexibility index (Phi) is 1.92. The van der Waals surface area contributed by atoms with Crippen LogP contribution in [0.25, 0.3) is 0 Å². The van der Waals surface area contributed by atoms with Gasteiger partial charge >= 0.3 is 0 Å². The minimum atomic E-state index is 0.0818. The van der Waals surface area contributed by atoms with Crippen LogP contribution in [0.1, 0.15) is 19.3 Å². The molecule has 1 amide bonds. The summed E-state index contributed by atoms with van der Waals surface area (Å²) in [5, 5.41) is 11.1. The van der Waals surface area contributed by atoms with Gasteiger partial charge < -0.3 is 11.1 Å². The molecule has 15 heavy (non-hydrogen) atoms. The largest absolute Gasteiger partial charge is 0.374 e. The number of rotatable bonds is 2. The number of anilines is 2. The van der Waals surface area contributed by atoms with Crippen molar-refractivity contribution in [1.82, 2.24) is 10.2 Å². The number of nitrogens with two attached hydrogens (primary N) is 1. The third-order valence-electron chi connectivity index (χ3n) is 3.29. The number of nitrogens with one attached hydrogen (secondary N) is 1. The van der Waals surface area contributed by atoms with Gasteiger partial charge in [-0.1, -0.05) is 11.3 Å². The maximum absolute atomic E-state index is 11.8. The van der Waals surface area contributed by atoms with Crippen LogP contribution in [0.5, 0.6) is 0 Å². The van der Waals surface area contributed by atoms with Gasteiger partial charge in [-0.05, 0) is 31.1 Å². The molecule has 6 heteroatoms. The van der Waals surface area contributed by atoms with Crippen LogP contribution in [0.15, 0.2) is 0 Å². The average molecular weight is 224 g/mol. The van der Waals surface area contributed by atoms with Gasteiger partial charge in [-0.15, -0.1) is 10.2 Å². The topological polar surface area (TPSA) is 80.9 Å². The molecule has 2 aliphatic rings. The molecule has 80 valence electrons. The molecule has 0 bridgehead atoms. The molecular weight excluding hydrogens is 212 g/mol. The number of aromatic nitrogens is 2. The fourth-order valence-electron chi connectivity index (χ4n) is 2.42. The Morgan fingerprint density at radius 2 is 2.07 bits per heavy atom. The van der Waals surface area contributed by atoms with Crippen molar-refractivity contribution in [3.05, 3.63) is 0 Å². The predicted octanol–water partition coefficient (Wildman–Crippen LogP) is 1.10. The zero-order chi connectivity index (χ0) is 10.4. The lowest BCUT2D eigenvalue weighted by atomic mass is 10.0. The maximum Gasteiger partial charge on any atom is 0.229 e. The predicted molar refractivity (Wildman–Crippen MR) is 57.3 cm³/mol. The number of hydrogen-bond acceptors (Lipinski definition) is 5. The molecule has 1 aromatic rings. The molecule has 2 saturated carbocycles. The van der Waals surface area contributed by atoms with Gasteiger partial charge in [0, 0.05) is 5.92 Å². The Hall–Kier alpha value is -1.17. The number of fused-ring (bicyclic) bond motifs is 1. The van der Waals surface area contributed by atoms with E-state index < -0.39 is 0 Å². The monoisotopic (exact) mass is 224 g/mol. The van der Waals surface area contributed by atoms with Gasteiger partial charge in [0.25, 0.3) is 0 Å². The van der Waals surface area contributed by atoms with Gasteiger partial charge in [0.15, 0.2) is 0 Å². The Balaban J connectivity index is 1.61. The van der Waals surface area contributed by atoms with Crippen molar-refractivity contribution in [2.75, 3.05) is 11.1 Å². The number of nitrogen functional groups attached to an aromatic ring is 1. The summed E-state index contributed by atoms with van der Waals surface area (Å²) in [5.74, 6) is 1.90. The summed E-state index contributed by atoms with van der Waals surface area (Å²) in [6.07, 6.45) is 3.42. The van der Waals surface area contributed by atoms with Gasteiger partial charge in [0.05, 0.1) is 0 Å². The Bertz CT molecular complexity index is 395. The van der Waals surface area contributed by atoms with Crippen molar-refractivity contribution in [2.24, 2.45) is 17.8 Å². The van der Waals surface area contributed by atoms with E-state index in [4.69, 9.17) is 5.73 Å². The van der Waals surface area contributed by atoms with Crippen molar-refractivity contribution in [2.45, 2.75) is 19.3 Å². The number of carbonyl (C=O) groups is 1. The smallest absolute Gasteiger partial charge is 0.229 e. The van der Waals surface area contributed by atoms with E-state index in [1.165, 1.54) is 17.8 Å². The molecule has 0 radical (unpaired) electrons. The lowest BCUT2D eigenvalue weighted by Gasteiger charge is -2.09. The second kappa shape index (κ2) is 3.16. The summed E-state index contributed by atoms with van der Waals surface area (Å²) in [5.41, 5.74) is 5.43. The fourth-order valence-corrected chi connectivity index (χ4v) is 2.93. The Morgan fingerprint density at radius 3 is 2.67 bits per heavy atom. The molecule has 1 heterocycles. The molecule has 2 fully saturated rings. The van der Waals surface area contributed by atoms with E-state index in [0.29, 0.717) is 10.3 Å². The van der Waals surface area contributed by atoms with E-state index in [-0.39, 0.29) is 11.8 Å². The van der Waals surface area contributed by atoms with Gasteiger partial charge in [0.1, 0.15) is 0 Å². The zero-order valence-corrected chi connectivity index (χ0v) is 8.96. The quantitative estimate of drug-likeness (QED) is 0.788. The van der Waals surface area contributed by atoms with E-state index in [1.807, 2.05) is 0 Å². The van der Waals surface area contributed by atoms with Crippen LogP contribution in [0.2, 0.25) is 0 Å². The Morgan fingerprint density at radius 1 is 1.33 bits per heavy atom. The number of hydrogen-bond donors (Lipinski definition) is 2. The highest BCUT2D eigenvalue weighted by Crippen LogP contribution is 2.54. The minimum Gasteiger partial charge on any atom is -0.374 e. The lowest BCUT2D eigenvalue weighted by Crippen LogP contribution is -2.21. The van der Waals surface area contributed by atoms with Crippen LogP contribution in [0.3, 0.4) is 0 Å². The molecule has 0 spiro atoms. The highest BCUT2D eigenvalue weighted by Gasteiger charge is 2.48. The number of nitrogens with zero attached hydrogens (tertiary/aromatic N) is 2. The molecule has 2 unspecified atom stereocenters. The zero-order valence-electron chi connectivity index (χ0n) is 8.14. The third kappa shape index (κ3) is 1.69. The molecule has 0 aromatic carbocycles.